The summed E-state index contributed by atoms with van der Waals surface area (Å²) in [5, 5.41) is 3.18. The van der Waals surface area contributed by atoms with Crippen LogP contribution in [0.4, 0.5) is 0 Å². The van der Waals surface area contributed by atoms with E-state index in [1.807, 2.05) is 12.1 Å². The number of thioether (sulfide) groups is 1. The maximum Gasteiger partial charge on any atom is 0.220 e. The number of likely N-dealkylation sites (N-methyl/N-ethyl adjacent to an activating group) is 1. The fourth-order valence-corrected chi connectivity index (χ4v) is 5.21. The first kappa shape index (κ1) is 24.4. The quantitative estimate of drug-likeness (QED) is 0.397. The zero-order chi connectivity index (χ0) is 23.9. The van der Waals surface area contributed by atoms with E-state index in [1.165, 1.54) is 17.7 Å². The van der Waals surface area contributed by atoms with Gasteiger partial charge in [-0.1, -0.05) is 6.92 Å². The van der Waals surface area contributed by atoms with E-state index < -0.39 is 0 Å². The lowest BCUT2D eigenvalue weighted by Gasteiger charge is -2.22. The molecule has 2 aromatic carbocycles. The van der Waals surface area contributed by atoms with Crippen LogP contribution in [0.2, 0.25) is 0 Å². The highest BCUT2D eigenvalue weighted by atomic mass is 32.2. The molecule has 0 saturated carbocycles. The van der Waals surface area contributed by atoms with Gasteiger partial charge in [0, 0.05) is 35.3 Å². The molecule has 1 atom stereocenters. The molecular formula is C28H35N3O2S. The first-order valence-corrected chi connectivity index (χ1v) is 13.4. The number of amides is 1. The van der Waals surface area contributed by atoms with E-state index >= 15 is 0 Å². The highest BCUT2D eigenvalue weighted by Crippen LogP contribution is 2.30. The van der Waals surface area contributed by atoms with Gasteiger partial charge in [-0.15, -0.1) is 11.8 Å². The molecule has 3 aromatic rings. The van der Waals surface area contributed by atoms with Crippen LogP contribution in [-0.2, 0) is 11.2 Å². The minimum absolute atomic E-state index is 0.124. The van der Waals surface area contributed by atoms with Gasteiger partial charge in [-0.3, -0.25) is 9.69 Å². The van der Waals surface area contributed by atoms with E-state index in [-0.39, 0.29) is 5.91 Å². The van der Waals surface area contributed by atoms with Crippen LogP contribution < -0.4 is 10.1 Å². The highest BCUT2D eigenvalue weighted by molar-refractivity contribution is 7.98. The minimum atomic E-state index is 0.124. The van der Waals surface area contributed by atoms with Gasteiger partial charge in [0.1, 0.15) is 5.75 Å². The van der Waals surface area contributed by atoms with Crippen molar-refractivity contribution >= 4 is 17.7 Å². The van der Waals surface area contributed by atoms with Crippen molar-refractivity contribution < 1.29 is 9.53 Å². The maximum absolute atomic E-state index is 12.7. The van der Waals surface area contributed by atoms with Crippen molar-refractivity contribution in [3.8, 4) is 22.7 Å². The monoisotopic (exact) mass is 477 g/mol. The SMILES string of the molecule is CCN1CCCC1CNC(=O)CCc1ccc(-c2ccc(OC)cc2)n1-c1ccc(SC)cc1. The molecular weight excluding hydrogens is 442 g/mol. The summed E-state index contributed by atoms with van der Waals surface area (Å²) in [7, 11) is 1.68. The highest BCUT2D eigenvalue weighted by Gasteiger charge is 2.23. The first-order valence-electron chi connectivity index (χ1n) is 12.1. The van der Waals surface area contributed by atoms with Gasteiger partial charge >= 0.3 is 0 Å². The number of benzene rings is 2. The van der Waals surface area contributed by atoms with Crippen LogP contribution in [0.15, 0.2) is 65.6 Å². The number of hydrogen-bond acceptors (Lipinski definition) is 4. The Morgan fingerprint density at radius 2 is 1.85 bits per heavy atom. The zero-order valence-electron chi connectivity index (χ0n) is 20.4. The molecule has 1 aliphatic rings. The summed E-state index contributed by atoms with van der Waals surface area (Å²) in [5.74, 6) is 0.964. The van der Waals surface area contributed by atoms with Gasteiger partial charge in [0.15, 0.2) is 0 Å². The van der Waals surface area contributed by atoms with E-state index in [9.17, 15) is 4.79 Å². The second-order valence-corrected chi connectivity index (χ2v) is 9.58. The summed E-state index contributed by atoms with van der Waals surface area (Å²) >= 11 is 1.74. The maximum atomic E-state index is 12.7. The molecule has 0 bridgehead atoms. The first-order chi connectivity index (χ1) is 16.6. The van der Waals surface area contributed by atoms with Crippen molar-refractivity contribution in [1.29, 1.82) is 0 Å². The van der Waals surface area contributed by atoms with Gasteiger partial charge in [-0.25, -0.2) is 0 Å². The van der Waals surface area contributed by atoms with Crippen LogP contribution in [0.5, 0.6) is 5.75 Å². The third-order valence-corrected chi connectivity index (χ3v) is 7.47. The largest absolute Gasteiger partial charge is 0.497 e. The molecule has 1 aliphatic heterocycles. The second kappa shape index (κ2) is 11.6. The number of aryl methyl sites for hydroxylation is 1. The average Bonchev–Trinajstić information content (AvgIpc) is 3.53. The number of nitrogens with zero attached hydrogens (tertiary/aromatic N) is 2. The Hall–Kier alpha value is -2.70. The second-order valence-electron chi connectivity index (χ2n) is 8.70. The van der Waals surface area contributed by atoms with Crippen molar-refractivity contribution in [2.45, 2.75) is 43.5 Å². The molecule has 1 fully saturated rings. The predicted octanol–water partition coefficient (Wildman–Crippen LogP) is 5.41. The van der Waals surface area contributed by atoms with Crippen molar-refractivity contribution in [2.75, 3.05) is 33.0 Å². The Bertz CT molecular complexity index is 1080. The van der Waals surface area contributed by atoms with E-state index in [0.29, 0.717) is 18.9 Å². The Morgan fingerprint density at radius 1 is 1.09 bits per heavy atom. The molecule has 1 saturated heterocycles. The molecule has 4 rings (SSSR count). The molecule has 0 spiro atoms. The van der Waals surface area contributed by atoms with E-state index in [1.54, 1.807) is 18.9 Å². The molecule has 1 aromatic heterocycles. The smallest absolute Gasteiger partial charge is 0.220 e. The normalized spacial score (nSPS) is 16.0. The number of aromatic nitrogens is 1. The lowest BCUT2D eigenvalue weighted by atomic mass is 10.1. The number of methoxy groups -OCH3 is 1. The minimum Gasteiger partial charge on any atom is -0.497 e. The van der Waals surface area contributed by atoms with Crippen LogP contribution in [0.1, 0.15) is 31.9 Å². The van der Waals surface area contributed by atoms with Crippen molar-refractivity contribution in [3.05, 3.63) is 66.4 Å². The molecule has 1 unspecified atom stereocenters. The lowest BCUT2D eigenvalue weighted by Crippen LogP contribution is -2.40. The molecule has 5 nitrogen and oxygen atoms in total. The average molecular weight is 478 g/mol. The predicted molar refractivity (Wildman–Crippen MR) is 141 cm³/mol. The Kier molecular flexibility index (Phi) is 8.35. The number of carbonyl (C=O) groups is 1. The van der Waals surface area contributed by atoms with E-state index in [0.717, 1.165) is 48.0 Å². The summed E-state index contributed by atoms with van der Waals surface area (Å²) in [4.78, 5) is 16.4. The fourth-order valence-electron chi connectivity index (χ4n) is 4.80. The number of ether oxygens (including phenoxy) is 1. The molecule has 1 amide bonds. The van der Waals surface area contributed by atoms with Crippen LogP contribution in [0, 0.1) is 0 Å². The summed E-state index contributed by atoms with van der Waals surface area (Å²) in [6.07, 6.45) is 5.66. The van der Waals surface area contributed by atoms with Crippen molar-refractivity contribution in [3.63, 3.8) is 0 Å². The summed E-state index contributed by atoms with van der Waals surface area (Å²) < 4.78 is 7.61. The third kappa shape index (κ3) is 5.68. The number of nitrogens with one attached hydrogen (secondary N) is 1. The summed E-state index contributed by atoms with van der Waals surface area (Å²) in [6.45, 7) is 5.15. The van der Waals surface area contributed by atoms with Gasteiger partial charge in [-0.05, 0) is 105 Å². The Morgan fingerprint density at radius 3 is 2.53 bits per heavy atom. The molecule has 180 valence electrons. The van der Waals surface area contributed by atoms with Gasteiger partial charge < -0.3 is 14.6 Å². The topological polar surface area (TPSA) is 46.5 Å². The third-order valence-electron chi connectivity index (χ3n) is 6.73. The van der Waals surface area contributed by atoms with Crippen LogP contribution >= 0.6 is 11.8 Å². The van der Waals surface area contributed by atoms with Crippen molar-refractivity contribution in [1.82, 2.24) is 14.8 Å². The Labute approximate surface area is 207 Å². The summed E-state index contributed by atoms with van der Waals surface area (Å²) in [5.41, 5.74) is 4.47. The Balaban J connectivity index is 1.51. The fraction of sp³-hybridized carbons (Fsp3) is 0.393. The summed E-state index contributed by atoms with van der Waals surface area (Å²) in [6, 6.07) is 21.5. The number of hydrogen-bond donors (Lipinski definition) is 1. The molecule has 6 heteroatoms. The van der Waals surface area contributed by atoms with Crippen LogP contribution in [0.25, 0.3) is 16.9 Å². The van der Waals surface area contributed by atoms with Gasteiger partial charge in [0.25, 0.3) is 0 Å². The van der Waals surface area contributed by atoms with E-state index in [4.69, 9.17) is 4.74 Å². The van der Waals surface area contributed by atoms with Crippen molar-refractivity contribution in [2.24, 2.45) is 0 Å². The van der Waals surface area contributed by atoms with Crippen LogP contribution in [-0.4, -0.2) is 54.4 Å². The number of likely N-dealkylation sites (tertiary alicyclic amines) is 1. The number of carbonyl (C=O) groups excluding carboxylic acids is 1. The molecule has 2 heterocycles. The van der Waals surface area contributed by atoms with Crippen LogP contribution in [0.3, 0.4) is 0 Å². The van der Waals surface area contributed by atoms with Gasteiger partial charge in [0.2, 0.25) is 5.91 Å². The molecule has 0 radical (unpaired) electrons. The van der Waals surface area contributed by atoms with E-state index in [2.05, 4.69) is 76.5 Å². The molecule has 34 heavy (non-hydrogen) atoms. The van der Waals surface area contributed by atoms with Gasteiger partial charge in [-0.2, -0.15) is 0 Å². The molecule has 1 N–H and O–H groups in total. The lowest BCUT2D eigenvalue weighted by molar-refractivity contribution is -0.121. The van der Waals surface area contributed by atoms with Gasteiger partial charge in [0.05, 0.1) is 12.8 Å². The number of rotatable bonds is 10. The standard InChI is InChI=1S/C28H35N3O2S/c1-4-30-19-5-6-24(30)20-29-28(32)18-12-23-11-17-27(21-7-13-25(33-2)14-8-21)31(23)22-9-15-26(34-3)16-10-22/h7-11,13-17,24H,4-6,12,18-20H2,1-3H3,(H,29,32). The molecule has 0 aliphatic carbocycles. The zero-order valence-corrected chi connectivity index (χ0v) is 21.2.